The van der Waals surface area contributed by atoms with Gasteiger partial charge < -0.3 is 33.2 Å². The van der Waals surface area contributed by atoms with E-state index in [-0.39, 0.29) is 49.3 Å². The highest BCUT2D eigenvalue weighted by molar-refractivity contribution is 6.74. The van der Waals surface area contributed by atoms with Crippen LogP contribution in [0.1, 0.15) is 72.7 Å². The Morgan fingerprint density at radius 1 is 0.873 bits per heavy atom. The second kappa shape index (κ2) is 13.4. The number of ether oxygens (including phenoxy) is 5. The van der Waals surface area contributed by atoms with E-state index in [2.05, 4.69) is 38.8 Å². The first-order valence-electron chi connectivity index (χ1n) is 20.3. The van der Waals surface area contributed by atoms with Gasteiger partial charge in [-0.15, -0.1) is 0 Å². The number of aryl methyl sites for hydroxylation is 1. The molecule has 2 aromatic rings. The number of fused-ring (bicyclic) bond motifs is 14. The molecule has 0 saturated carbocycles. The minimum atomic E-state index is -4.85. The summed E-state index contributed by atoms with van der Waals surface area (Å²) in [5, 5.41) is 20.3. The second-order valence-electron chi connectivity index (χ2n) is 19.6. The van der Waals surface area contributed by atoms with Gasteiger partial charge in [0.15, 0.2) is 8.32 Å². The number of alkyl halides is 3. The molecule has 4 unspecified atom stereocenters. The Kier molecular flexibility index (Phi) is 9.71. The van der Waals surface area contributed by atoms with E-state index in [1.54, 1.807) is 13.0 Å². The quantitative estimate of drug-likeness (QED) is 0.220. The zero-order chi connectivity index (χ0) is 45.5. The number of aliphatic hydroxyl groups is 1. The monoisotopic (exact) mass is 918 g/mol. The van der Waals surface area contributed by atoms with Gasteiger partial charge in [0, 0.05) is 0 Å². The number of imide groups is 2. The summed E-state index contributed by atoms with van der Waals surface area (Å²) in [5.74, 6) is -8.40. The molecule has 8 fully saturated rings. The topological polar surface area (TPSA) is 190 Å². The fraction of sp³-hybridized carbons (Fsp3) is 0.628. The van der Waals surface area contributed by atoms with Crippen molar-refractivity contribution in [2.75, 3.05) is 23.0 Å². The van der Waals surface area contributed by atoms with Crippen LogP contribution in [0.25, 0.3) is 0 Å². The van der Waals surface area contributed by atoms with Crippen molar-refractivity contribution in [3.05, 3.63) is 52.3 Å². The van der Waals surface area contributed by atoms with Crippen LogP contribution < -0.4 is 9.80 Å². The van der Waals surface area contributed by atoms with E-state index in [4.69, 9.17) is 45.0 Å². The fourth-order valence-electron chi connectivity index (χ4n) is 11.2. The van der Waals surface area contributed by atoms with E-state index in [0.717, 1.165) is 12.1 Å². The number of carbonyl (C=O) groups excluding carboxylic acids is 4. The van der Waals surface area contributed by atoms with Crippen molar-refractivity contribution in [3.63, 3.8) is 0 Å². The largest absolute Gasteiger partial charge is 0.417 e. The van der Waals surface area contributed by atoms with Crippen molar-refractivity contribution in [1.82, 2.24) is 4.98 Å². The first-order valence-corrected chi connectivity index (χ1v) is 23.5. The molecule has 8 aliphatic rings. The first-order chi connectivity index (χ1) is 28.5. The molecule has 1 spiro atoms. The van der Waals surface area contributed by atoms with Gasteiger partial charge in [0.25, 0.3) is 0 Å². The van der Waals surface area contributed by atoms with Crippen molar-refractivity contribution in [2.24, 2.45) is 23.7 Å². The first kappa shape index (κ1) is 45.7. The van der Waals surface area contributed by atoms with Crippen molar-refractivity contribution in [3.8, 4) is 6.07 Å². The zero-order valence-electron chi connectivity index (χ0n) is 35.6. The van der Waals surface area contributed by atoms with Gasteiger partial charge in [-0.25, -0.2) is 9.80 Å². The van der Waals surface area contributed by atoms with Gasteiger partial charge in [0.2, 0.25) is 35.2 Å². The van der Waals surface area contributed by atoms with Gasteiger partial charge in [-0.3, -0.25) is 24.2 Å². The van der Waals surface area contributed by atoms with E-state index in [1.165, 1.54) is 31.0 Å². The molecule has 8 saturated heterocycles. The average molecular weight is 919 g/mol. The summed E-state index contributed by atoms with van der Waals surface area (Å²) in [7, 11) is -2.24. The number of rotatable bonds is 4. The summed E-state index contributed by atoms with van der Waals surface area (Å²) in [5.41, 5.74) is -6.18. The molecule has 4 amide bonds. The number of carbonyl (C=O) groups is 4. The number of pyridine rings is 1. The number of nitrogens with zero attached hydrogens (tertiary/aromatic N) is 4. The second-order valence-corrected chi connectivity index (χ2v) is 24.7. The molecule has 8 aliphatic heterocycles. The Bertz CT molecular complexity index is 2440. The normalized spacial score (nSPS) is 39.0. The molecule has 63 heavy (non-hydrogen) atoms. The summed E-state index contributed by atoms with van der Waals surface area (Å²) >= 11 is 6.23. The van der Waals surface area contributed by atoms with Crippen LogP contribution in [-0.2, 0) is 53.5 Å². The molecule has 11 atom stereocenters. The Balaban J connectivity index is 0.000000170. The summed E-state index contributed by atoms with van der Waals surface area (Å²) in [6, 6.07) is 5.73. The van der Waals surface area contributed by atoms with Crippen LogP contribution in [0.2, 0.25) is 23.2 Å². The number of aliphatic hydroxyl groups excluding tert-OH is 1. The summed E-state index contributed by atoms with van der Waals surface area (Å²) in [6.45, 7) is 19.6. The molecular weight excluding hydrogens is 869 g/mol. The van der Waals surface area contributed by atoms with E-state index in [1.807, 2.05) is 13.8 Å². The van der Waals surface area contributed by atoms with Crippen LogP contribution in [0.4, 0.5) is 24.5 Å². The van der Waals surface area contributed by atoms with E-state index < -0.39 is 101 Å². The number of benzene rings is 1. The van der Waals surface area contributed by atoms with Crippen molar-refractivity contribution in [2.45, 2.75) is 133 Å². The highest BCUT2D eigenvalue weighted by atomic mass is 35.5. The van der Waals surface area contributed by atoms with Crippen molar-refractivity contribution >= 4 is 54.9 Å². The van der Waals surface area contributed by atoms with Crippen LogP contribution in [0, 0.1) is 41.9 Å². The average Bonchev–Trinajstić information content (AvgIpc) is 3.60. The van der Waals surface area contributed by atoms with Crippen LogP contribution in [0.15, 0.2) is 30.5 Å². The van der Waals surface area contributed by atoms with Crippen LogP contribution in [0.3, 0.4) is 0 Å². The lowest BCUT2D eigenvalue weighted by Crippen LogP contribution is -2.66. The number of hydrogen-bond donors (Lipinski definition) is 1. The van der Waals surface area contributed by atoms with Gasteiger partial charge in [0.1, 0.15) is 34.6 Å². The number of aromatic nitrogens is 1. The maximum Gasteiger partial charge on any atom is 0.417 e. The predicted molar refractivity (Wildman–Crippen MR) is 218 cm³/mol. The van der Waals surface area contributed by atoms with Crippen LogP contribution >= 0.6 is 11.6 Å². The molecular formula is C43H50ClF3N4O11Si. The van der Waals surface area contributed by atoms with E-state index in [9.17, 15) is 37.5 Å². The third-order valence-corrected chi connectivity index (χ3v) is 20.0. The van der Waals surface area contributed by atoms with E-state index in [0.29, 0.717) is 27.4 Å². The minimum Gasteiger partial charge on any atom is -0.386 e. The lowest BCUT2D eigenvalue weighted by Gasteiger charge is -2.44. The van der Waals surface area contributed by atoms with Crippen LogP contribution in [-0.4, -0.2) is 101 Å². The summed E-state index contributed by atoms with van der Waals surface area (Å²) in [6.07, 6.45) is -5.10. The Morgan fingerprint density at radius 2 is 1.40 bits per heavy atom. The zero-order valence-corrected chi connectivity index (χ0v) is 37.4. The molecule has 0 aliphatic carbocycles. The molecule has 10 rings (SSSR count). The van der Waals surface area contributed by atoms with Gasteiger partial charge >= 0.3 is 6.18 Å². The Labute approximate surface area is 368 Å². The number of hydrogen-bond acceptors (Lipinski definition) is 13. The van der Waals surface area contributed by atoms with E-state index >= 15 is 0 Å². The number of anilines is 2. The molecule has 9 heterocycles. The van der Waals surface area contributed by atoms with Crippen molar-refractivity contribution < 1.29 is 65.6 Å². The molecule has 20 heteroatoms. The summed E-state index contributed by atoms with van der Waals surface area (Å²) in [4.78, 5) is 60.0. The molecule has 1 N–H and O–H groups in total. The number of amides is 4. The highest BCUT2D eigenvalue weighted by Gasteiger charge is 2.94. The Hall–Kier alpha value is -3.84. The number of halogens is 4. The lowest BCUT2D eigenvalue weighted by molar-refractivity contribution is -0.272. The highest BCUT2D eigenvalue weighted by Crippen LogP contribution is 2.75. The predicted octanol–water partition coefficient (Wildman–Crippen LogP) is 5.81. The molecule has 4 bridgehead atoms. The van der Waals surface area contributed by atoms with Gasteiger partial charge in [-0.2, -0.15) is 18.4 Å². The minimum absolute atomic E-state index is 0. The number of epoxide rings is 1. The van der Waals surface area contributed by atoms with Gasteiger partial charge in [-0.1, -0.05) is 39.8 Å². The maximum absolute atomic E-state index is 13.7. The SMILES string of the molecule is C.CC12OC(C)([C@@H]3C(=O)N(c4ccc(C#N)c(C(F)(F)F)c4)C(=O)[C@@H]31)C1(OCCO1)[C@H]2O.Cc1ncc(N2C(=O)[C@@H]3[C@H](C2=O)C2(C)OC3(C)[C@@]3(O[Si](C)(C)C(C)(C)C)O[C@@H]23)cc1Cl. The van der Waals surface area contributed by atoms with Crippen LogP contribution in [0.5, 0.6) is 0 Å². The molecule has 15 nitrogen and oxygen atoms in total. The summed E-state index contributed by atoms with van der Waals surface area (Å²) < 4.78 is 77.0. The molecule has 340 valence electrons. The molecule has 1 aromatic carbocycles. The third-order valence-electron chi connectivity index (χ3n) is 15.2. The standard InChI is InChI=1S/C22H29ClN2O5Si.C20H17F3N2O6.CH4/c1-11-13(23)9-12(10-24-11)25-16(26)14-15(17(25)27)21(6)22(18(28-22)20(14,5)29-21)30-31(7,8)19(2,3)4;1-17-12-13(18(2,31-17)19(16(17)28)29-5-6-30-19)15(27)25(14(12)26)10-4-3-9(8-24)11(7-10)20(21,22)23;/h9-10,14-15,18H,1-8H3;3-4,7,12-13,16,28H,5-6H2,1-2H3;1H4/t14-,15+,18+,20?,21?,22-;12-,13+,16+,17?,18?;/m11./s1. The molecule has 0 radical (unpaired) electrons. The fourth-order valence-corrected chi connectivity index (χ4v) is 12.7. The Morgan fingerprint density at radius 3 is 1.94 bits per heavy atom. The lowest BCUT2D eigenvalue weighted by atomic mass is 9.64. The smallest absolute Gasteiger partial charge is 0.386 e. The third kappa shape index (κ3) is 5.47. The number of nitriles is 1. The van der Waals surface area contributed by atoms with Gasteiger partial charge in [0.05, 0.1) is 82.4 Å². The molecule has 1 aromatic heterocycles. The van der Waals surface area contributed by atoms with Gasteiger partial charge in [-0.05, 0) is 77.0 Å². The maximum atomic E-state index is 13.7. The van der Waals surface area contributed by atoms with Crippen molar-refractivity contribution in [1.29, 1.82) is 5.26 Å².